The maximum Gasteiger partial charge on any atom is 0.499 e. The highest BCUT2D eigenvalue weighted by Crippen LogP contribution is 2.37. The Labute approximate surface area is 260 Å². The number of amides is 1. The lowest BCUT2D eigenvalue weighted by molar-refractivity contribution is -0.360. The monoisotopic (exact) mass is 660 g/mol. The average Bonchev–Trinajstić information content (AvgIpc) is 3.51. The summed E-state index contributed by atoms with van der Waals surface area (Å²) in [7, 11) is 2.95. The molecule has 252 valence electrons. The molecule has 1 N–H and O–H groups in total. The van der Waals surface area contributed by atoms with Crippen LogP contribution in [-0.2, 0) is 23.7 Å². The van der Waals surface area contributed by atoms with Crippen LogP contribution in [0.5, 0.6) is 5.75 Å². The van der Waals surface area contributed by atoms with E-state index >= 15 is 0 Å². The third-order valence-corrected chi connectivity index (χ3v) is 6.97. The minimum atomic E-state index is -5.87. The van der Waals surface area contributed by atoms with Crippen LogP contribution in [0.15, 0.2) is 54.9 Å². The Hall–Kier alpha value is -3.90. The minimum Gasteiger partial charge on any atom is -0.426 e. The standard InChI is InChI=1S/C29H33F5N4O8/c1-5-14-43-23-22(41-3)17(2)44-26(24(23)42-4)45-27(40)37(16-39)19-8-6-18(7-9-19)25-35-15-38(36-25)20-10-12-21(13-11-20)46-29(33,34)28(30,31)32/h6-13,15,17,22-24,26,39H,5,14,16H2,1-4H3/t17-,22-,23+,24+,26-/m0/s1. The molecule has 1 aliphatic heterocycles. The van der Waals surface area contributed by atoms with Crippen molar-refractivity contribution in [2.75, 3.05) is 32.5 Å². The molecular weight excluding hydrogens is 627 g/mol. The first-order chi connectivity index (χ1) is 21.8. The Bertz CT molecular complexity index is 1420. The van der Waals surface area contributed by atoms with Crippen molar-refractivity contribution in [2.24, 2.45) is 0 Å². The summed E-state index contributed by atoms with van der Waals surface area (Å²) in [5.41, 5.74) is 1.08. The van der Waals surface area contributed by atoms with E-state index in [2.05, 4.69) is 14.8 Å². The molecule has 5 atom stereocenters. The molecule has 2 aromatic carbocycles. The lowest BCUT2D eigenvalue weighted by Crippen LogP contribution is -2.60. The molecule has 2 heterocycles. The Morgan fingerprint density at radius 2 is 1.65 bits per heavy atom. The van der Waals surface area contributed by atoms with Crippen molar-refractivity contribution in [3.05, 3.63) is 54.9 Å². The van der Waals surface area contributed by atoms with E-state index in [9.17, 15) is 31.9 Å². The van der Waals surface area contributed by atoms with Crippen molar-refractivity contribution < 1.29 is 60.3 Å². The van der Waals surface area contributed by atoms with E-state index in [-0.39, 0.29) is 11.5 Å². The van der Waals surface area contributed by atoms with Gasteiger partial charge >= 0.3 is 18.4 Å². The summed E-state index contributed by atoms with van der Waals surface area (Å²) in [6.07, 6.45) is -13.6. The number of carbonyl (C=O) groups is 1. The fourth-order valence-electron chi connectivity index (χ4n) is 4.68. The maximum atomic E-state index is 13.2. The number of aliphatic hydroxyl groups is 1. The van der Waals surface area contributed by atoms with Crippen LogP contribution in [-0.4, -0.2) is 96.5 Å². The molecule has 0 spiro atoms. The smallest absolute Gasteiger partial charge is 0.426 e. The summed E-state index contributed by atoms with van der Waals surface area (Å²) < 4.78 is 97.2. The van der Waals surface area contributed by atoms with Gasteiger partial charge < -0.3 is 33.5 Å². The van der Waals surface area contributed by atoms with Gasteiger partial charge in [-0.1, -0.05) is 6.92 Å². The number of rotatable bonds is 12. The van der Waals surface area contributed by atoms with E-state index in [1.54, 1.807) is 19.1 Å². The Kier molecular flexibility index (Phi) is 11.2. The molecule has 0 radical (unpaired) electrons. The average molecular weight is 661 g/mol. The predicted molar refractivity (Wildman–Crippen MR) is 150 cm³/mol. The number of aromatic nitrogens is 3. The second-order valence-electron chi connectivity index (χ2n) is 10.1. The SMILES string of the molecule is CCCO[C@@H]1[C@@H](OC)[C@H](C)O[C@@H](OC(=O)N(CO)c2ccc(-c3ncn(-c4ccc(OC(F)(F)C(F)(F)F)cc4)n3)cc2)[C@@H]1OC. The highest BCUT2D eigenvalue weighted by molar-refractivity contribution is 5.87. The fourth-order valence-corrected chi connectivity index (χ4v) is 4.68. The van der Waals surface area contributed by atoms with Gasteiger partial charge in [-0.2, -0.15) is 22.0 Å². The zero-order chi connectivity index (χ0) is 33.6. The van der Waals surface area contributed by atoms with Gasteiger partial charge in [0, 0.05) is 32.1 Å². The molecule has 4 rings (SSSR count). The molecule has 3 aromatic rings. The number of methoxy groups -OCH3 is 2. The number of anilines is 1. The number of nitrogens with zero attached hydrogens (tertiary/aromatic N) is 4. The van der Waals surface area contributed by atoms with Gasteiger partial charge in [-0.25, -0.2) is 14.5 Å². The lowest BCUT2D eigenvalue weighted by atomic mass is 9.99. The number of ether oxygens (including phenoxy) is 6. The van der Waals surface area contributed by atoms with Gasteiger partial charge in [0.15, 0.2) is 5.82 Å². The molecule has 1 saturated heterocycles. The van der Waals surface area contributed by atoms with Crippen LogP contribution in [0.3, 0.4) is 0 Å². The fraction of sp³-hybridized carbons (Fsp3) is 0.483. The number of hydrogen-bond donors (Lipinski definition) is 1. The summed E-state index contributed by atoms with van der Waals surface area (Å²) in [5, 5.41) is 14.3. The van der Waals surface area contributed by atoms with Crippen molar-refractivity contribution in [3.63, 3.8) is 0 Å². The molecule has 12 nitrogen and oxygen atoms in total. The van der Waals surface area contributed by atoms with E-state index in [4.69, 9.17) is 23.7 Å². The molecule has 1 fully saturated rings. The van der Waals surface area contributed by atoms with Crippen molar-refractivity contribution >= 4 is 11.8 Å². The van der Waals surface area contributed by atoms with Crippen molar-refractivity contribution in [1.82, 2.24) is 14.8 Å². The van der Waals surface area contributed by atoms with Crippen LogP contribution in [0, 0.1) is 0 Å². The van der Waals surface area contributed by atoms with E-state index in [0.29, 0.717) is 17.9 Å². The van der Waals surface area contributed by atoms with Gasteiger partial charge in [-0.15, -0.1) is 5.10 Å². The normalized spacial score (nSPS) is 22.0. The lowest BCUT2D eigenvalue weighted by Gasteiger charge is -2.43. The van der Waals surface area contributed by atoms with Crippen LogP contribution in [0.4, 0.5) is 32.4 Å². The third-order valence-electron chi connectivity index (χ3n) is 6.97. The summed E-state index contributed by atoms with van der Waals surface area (Å²) in [5.74, 6) is -0.466. The zero-order valence-electron chi connectivity index (χ0n) is 25.2. The van der Waals surface area contributed by atoms with E-state index in [1.807, 2.05) is 6.92 Å². The van der Waals surface area contributed by atoms with E-state index < -0.39 is 61.6 Å². The first kappa shape index (κ1) is 35.0. The topological polar surface area (TPSA) is 127 Å². The quantitative estimate of drug-likeness (QED) is 0.211. The number of hydrogen-bond acceptors (Lipinski definition) is 10. The Balaban J connectivity index is 1.44. The minimum absolute atomic E-state index is 0.229. The Morgan fingerprint density at radius 1 is 1.00 bits per heavy atom. The molecule has 1 aromatic heterocycles. The molecule has 1 aliphatic rings. The summed E-state index contributed by atoms with van der Waals surface area (Å²) >= 11 is 0. The second-order valence-corrected chi connectivity index (χ2v) is 10.1. The van der Waals surface area contributed by atoms with Crippen LogP contribution in [0.25, 0.3) is 17.1 Å². The number of aliphatic hydroxyl groups excluding tert-OH is 1. The van der Waals surface area contributed by atoms with Crippen LogP contribution < -0.4 is 9.64 Å². The Morgan fingerprint density at radius 3 is 2.22 bits per heavy atom. The molecular formula is C29H33F5N4O8. The van der Waals surface area contributed by atoms with Crippen LogP contribution in [0.2, 0.25) is 0 Å². The number of alkyl halides is 5. The van der Waals surface area contributed by atoms with Gasteiger partial charge in [0.05, 0.1) is 11.8 Å². The maximum absolute atomic E-state index is 13.2. The summed E-state index contributed by atoms with van der Waals surface area (Å²) in [6, 6.07) is 10.5. The van der Waals surface area contributed by atoms with Crippen molar-refractivity contribution in [3.8, 4) is 22.8 Å². The van der Waals surface area contributed by atoms with Crippen LogP contribution in [0.1, 0.15) is 20.3 Å². The second kappa shape index (κ2) is 14.7. The molecule has 0 aliphatic carbocycles. The summed E-state index contributed by atoms with van der Waals surface area (Å²) in [6.45, 7) is 3.40. The first-order valence-electron chi connectivity index (χ1n) is 14.0. The number of benzene rings is 2. The molecule has 1 amide bonds. The highest BCUT2D eigenvalue weighted by atomic mass is 19.4. The molecule has 0 unspecified atom stereocenters. The molecule has 17 heteroatoms. The first-order valence-corrected chi connectivity index (χ1v) is 14.0. The van der Waals surface area contributed by atoms with Gasteiger partial charge in [0.2, 0.25) is 6.29 Å². The molecule has 46 heavy (non-hydrogen) atoms. The van der Waals surface area contributed by atoms with E-state index in [1.165, 1.54) is 49.5 Å². The van der Waals surface area contributed by atoms with Crippen molar-refractivity contribution in [2.45, 2.75) is 63.3 Å². The van der Waals surface area contributed by atoms with E-state index in [0.717, 1.165) is 23.5 Å². The predicted octanol–water partition coefficient (Wildman–Crippen LogP) is 4.93. The van der Waals surface area contributed by atoms with Crippen LogP contribution >= 0.6 is 0 Å². The third kappa shape index (κ3) is 7.72. The zero-order valence-corrected chi connectivity index (χ0v) is 25.2. The summed E-state index contributed by atoms with van der Waals surface area (Å²) in [4.78, 5) is 18.3. The molecule has 0 saturated carbocycles. The van der Waals surface area contributed by atoms with Gasteiger partial charge in [-0.05, 0) is 61.9 Å². The van der Waals surface area contributed by atoms with Gasteiger partial charge in [0.1, 0.15) is 37.1 Å². The number of carbonyl (C=O) groups excluding carboxylic acids is 1. The van der Waals surface area contributed by atoms with Gasteiger partial charge in [-0.3, -0.25) is 4.90 Å². The molecule has 0 bridgehead atoms. The van der Waals surface area contributed by atoms with Crippen molar-refractivity contribution in [1.29, 1.82) is 0 Å². The van der Waals surface area contributed by atoms with Gasteiger partial charge in [0.25, 0.3) is 0 Å². The largest absolute Gasteiger partial charge is 0.499 e. The number of halogens is 5. The highest BCUT2D eigenvalue weighted by Gasteiger charge is 2.61.